The maximum atomic E-state index is 11.7. The quantitative estimate of drug-likeness (QED) is 0.398. The third kappa shape index (κ3) is 7.37. The molecule has 128 valence electrons. The van der Waals surface area contributed by atoms with E-state index in [1.807, 2.05) is 18.2 Å². The molecule has 1 atom stereocenters. The molecule has 0 saturated heterocycles. The Kier molecular flexibility index (Phi) is 7.36. The summed E-state index contributed by atoms with van der Waals surface area (Å²) in [5.41, 5.74) is 0.875. The molecule has 23 heavy (non-hydrogen) atoms. The van der Waals surface area contributed by atoms with Gasteiger partial charge in [-0.2, -0.15) is 0 Å². The van der Waals surface area contributed by atoms with Crippen molar-refractivity contribution < 1.29 is 18.7 Å². The molecule has 0 saturated carbocycles. The van der Waals surface area contributed by atoms with Crippen LogP contribution in [0.25, 0.3) is 6.08 Å². The molecule has 0 fully saturated rings. The number of rotatable bonds is 8. The van der Waals surface area contributed by atoms with Gasteiger partial charge in [-0.05, 0) is 49.3 Å². The zero-order valence-corrected chi connectivity index (χ0v) is 16.0. The van der Waals surface area contributed by atoms with Crippen molar-refractivity contribution in [1.82, 2.24) is 0 Å². The second kappa shape index (κ2) is 8.77. The van der Waals surface area contributed by atoms with E-state index in [0.29, 0.717) is 24.0 Å². The molecule has 1 aromatic carbocycles. The average Bonchev–Trinajstić information content (AvgIpc) is 2.49. The Labute approximate surface area is 140 Å². The van der Waals surface area contributed by atoms with Gasteiger partial charge >= 0.3 is 5.97 Å². The summed E-state index contributed by atoms with van der Waals surface area (Å²) in [6, 6.07) is 5.61. The molecule has 0 N–H and O–H groups in total. The first kappa shape index (κ1) is 19.3. The highest BCUT2D eigenvalue weighted by molar-refractivity contribution is 6.70. The van der Waals surface area contributed by atoms with E-state index < -0.39 is 8.32 Å². The summed E-state index contributed by atoms with van der Waals surface area (Å²) in [6.45, 7) is 10.9. The molecule has 0 aliphatic carbocycles. The highest BCUT2D eigenvalue weighted by atomic mass is 28.4. The van der Waals surface area contributed by atoms with Crippen LogP contribution in [0.4, 0.5) is 0 Å². The first-order valence-electron chi connectivity index (χ1n) is 7.97. The average molecular weight is 337 g/mol. The van der Waals surface area contributed by atoms with Gasteiger partial charge in [-0.25, -0.2) is 4.79 Å². The molecule has 5 heteroatoms. The standard InChI is InChI=1S/C18H28O4Si/c1-7-14(2)13-21-18(19)11-9-15-8-10-16(20-3)17(12-15)22-23(4,5)6/h8-12,14H,7,13H2,1-6H3/b11-9+. The lowest BCUT2D eigenvalue weighted by molar-refractivity contribution is -0.138. The monoisotopic (exact) mass is 336 g/mol. The zero-order chi connectivity index (χ0) is 17.5. The van der Waals surface area contributed by atoms with Crippen molar-refractivity contribution in [3.05, 3.63) is 29.8 Å². The Bertz CT molecular complexity index is 546. The lowest BCUT2D eigenvalue weighted by Gasteiger charge is -2.21. The minimum absolute atomic E-state index is 0.325. The first-order valence-corrected chi connectivity index (χ1v) is 11.4. The Balaban J connectivity index is 2.78. The summed E-state index contributed by atoms with van der Waals surface area (Å²) in [5.74, 6) is 1.46. The van der Waals surface area contributed by atoms with Crippen molar-refractivity contribution in [2.24, 2.45) is 5.92 Å². The lowest BCUT2D eigenvalue weighted by Crippen LogP contribution is -2.29. The van der Waals surface area contributed by atoms with Crippen molar-refractivity contribution in [3.8, 4) is 11.5 Å². The van der Waals surface area contributed by atoms with Crippen molar-refractivity contribution in [3.63, 3.8) is 0 Å². The lowest BCUT2D eigenvalue weighted by atomic mass is 10.1. The summed E-state index contributed by atoms with van der Waals surface area (Å²) < 4.78 is 16.6. The number of hydrogen-bond donors (Lipinski definition) is 0. The molecule has 1 rings (SSSR count). The molecule has 0 radical (unpaired) electrons. The van der Waals surface area contributed by atoms with Crippen LogP contribution < -0.4 is 9.16 Å². The van der Waals surface area contributed by atoms with Gasteiger partial charge in [-0.3, -0.25) is 0 Å². The molecular weight excluding hydrogens is 308 g/mol. The molecule has 0 aliphatic rings. The number of ether oxygens (including phenoxy) is 2. The Morgan fingerprint density at radius 1 is 1.26 bits per heavy atom. The largest absolute Gasteiger partial charge is 0.542 e. The molecule has 1 unspecified atom stereocenters. The SMILES string of the molecule is CCC(C)COC(=O)/C=C/c1ccc(OC)c(O[Si](C)(C)C)c1. The molecule has 0 bridgehead atoms. The van der Waals surface area contributed by atoms with Gasteiger partial charge in [0.2, 0.25) is 8.32 Å². The molecule has 1 aromatic rings. The fraction of sp³-hybridized carbons (Fsp3) is 0.500. The van der Waals surface area contributed by atoms with Crippen LogP contribution >= 0.6 is 0 Å². The summed E-state index contributed by atoms with van der Waals surface area (Å²) in [6.07, 6.45) is 4.17. The summed E-state index contributed by atoms with van der Waals surface area (Å²) in [4.78, 5) is 11.7. The first-order chi connectivity index (χ1) is 10.7. The summed E-state index contributed by atoms with van der Waals surface area (Å²) in [7, 11) is -0.119. The molecule has 0 spiro atoms. The maximum Gasteiger partial charge on any atom is 0.330 e. The second-order valence-electron chi connectivity index (χ2n) is 6.60. The van der Waals surface area contributed by atoms with Crippen LogP contribution in [0.3, 0.4) is 0 Å². The highest BCUT2D eigenvalue weighted by Gasteiger charge is 2.18. The van der Waals surface area contributed by atoms with E-state index in [0.717, 1.165) is 12.0 Å². The number of carbonyl (C=O) groups is 1. The van der Waals surface area contributed by atoms with Crippen LogP contribution in [0.5, 0.6) is 11.5 Å². The van der Waals surface area contributed by atoms with Gasteiger partial charge < -0.3 is 13.9 Å². The van der Waals surface area contributed by atoms with E-state index in [1.54, 1.807) is 13.2 Å². The van der Waals surface area contributed by atoms with Crippen LogP contribution in [-0.4, -0.2) is 28.0 Å². The minimum Gasteiger partial charge on any atom is -0.542 e. The van der Waals surface area contributed by atoms with Crippen LogP contribution in [0.1, 0.15) is 25.8 Å². The molecule has 4 nitrogen and oxygen atoms in total. The molecule has 0 aromatic heterocycles. The van der Waals surface area contributed by atoms with E-state index in [-0.39, 0.29) is 5.97 Å². The second-order valence-corrected chi connectivity index (χ2v) is 11.0. The molecule has 0 aliphatic heterocycles. The van der Waals surface area contributed by atoms with Gasteiger partial charge in [0.05, 0.1) is 13.7 Å². The molecule has 0 amide bonds. The van der Waals surface area contributed by atoms with Crippen LogP contribution in [-0.2, 0) is 9.53 Å². The zero-order valence-electron chi connectivity index (χ0n) is 15.0. The normalized spacial score (nSPS) is 13.0. The van der Waals surface area contributed by atoms with Crippen LogP contribution in [0.2, 0.25) is 19.6 Å². The molecule has 0 heterocycles. The fourth-order valence-electron chi connectivity index (χ4n) is 1.76. The van der Waals surface area contributed by atoms with Gasteiger partial charge in [0.1, 0.15) is 5.75 Å². The number of benzene rings is 1. The third-order valence-electron chi connectivity index (χ3n) is 3.22. The Morgan fingerprint density at radius 3 is 2.52 bits per heavy atom. The fourth-order valence-corrected chi connectivity index (χ4v) is 2.58. The number of hydrogen-bond acceptors (Lipinski definition) is 4. The minimum atomic E-state index is -1.74. The van der Waals surface area contributed by atoms with Gasteiger partial charge in [-0.15, -0.1) is 0 Å². The maximum absolute atomic E-state index is 11.7. The number of carbonyl (C=O) groups excluding carboxylic acids is 1. The topological polar surface area (TPSA) is 44.8 Å². The van der Waals surface area contributed by atoms with Crippen molar-refractivity contribution in [2.45, 2.75) is 39.9 Å². The number of esters is 1. The third-order valence-corrected chi connectivity index (χ3v) is 4.06. The van der Waals surface area contributed by atoms with Crippen LogP contribution in [0.15, 0.2) is 24.3 Å². The van der Waals surface area contributed by atoms with E-state index >= 15 is 0 Å². The van der Waals surface area contributed by atoms with E-state index in [1.165, 1.54) is 6.08 Å². The van der Waals surface area contributed by atoms with Gasteiger partial charge in [-0.1, -0.05) is 26.3 Å². The summed E-state index contributed by atoms with van der Waals surface area (Å²) >= 11 is 0. The van der Waals surface area contributed by atoms with Crippen molar-refractivity contribution in [1.29, 1.82) is 0 Å². The number of methoxy groups -OCH3 is 1. The van der Waals surface area contributed by atoms with Gasteiger partial charge in [0.15, 0.2) is 5.75 Å². The Hall–Kier alpha value is -1.75. The summed E-state index contributed by atoms with van der Waals surface area (Å²) in [5, 5.41) is 0. The van der Waals surface area contributed by atoms with Crippen LogP contribution in [0, 0.1) is 5.92 Å². The Morgan fingerprint density at radius 2 is 1.96 bits per heavy atom. The smallest absolute Gasteiger partial charge is 0.330 e. The predicted molar refractivity (Wildman–Crippen MR) is 96.4 cm³/mol. The van der Waals surface area contributed by atoms with E-state index in [2.05, 4.69) is 33.5 Å². The van der Waals surface area contributed by atoms with E-state index in [9.17, 15) is 4.79 Å². The van der Waals surface area contributed by atoms with Crippen molar-refractivity contribution >= 4 is 20.4 Å². The highest BCUT2D eigenvalue weighted by Crippen LogP contribution is 2.30. The van der Waals surface area contributed by atoms with Gasteiger partial charge in [0.25, 0.3) is 0 Å². The van der Waals surface area contributed by atoms with Gasteiger partial charge in [0, 0.05) is 6.08 Å². The van der Waals surface area contributed by atoms with Crippen molar-refractivity contribution in [2.75, 3.05) is 13.7 Å². The predicted octanol–water partition coefficient (Wildman–Crippen LogP) is 4.51. The van der Waals surface area contributed by atoms with E-state index in [4.69, 9.17) is 13.9 Å². The molecular formula is C18H28O4Si.